The van der Waals surface area contributed by atoms with Gasteiger partial charge in [-0.05, 0) is 78.9 Å². The average Bonchev–Trinajstić information content (AvgIpc) is 3.66. The summed E-state index contributed by atoms with van der Waals surface area (Å²) in [5.41, 5.74) is 19.1. The van der Waals surface area contributed by atoms with Crippen LogP contribution in [0.2, 0.25) is 0 Å². The van der Waals surface area contributed by atoms with E-state index in [1.165, 1.54) is 61.2 Å². The fourth-order valence-corrected chi connectivity index (χ4v) is 8.43. The smallest absolute Gasteiger partial charge is 0.0725 e. The SMILES string of the molecule is c1ccc(-c2ccc(-c3cc(-c4ccccc4)cc(-c4cccc5c4-c4ccccc4C54c5ccccc5-c5ccccc54)n3)cc2)cc1. The van der Waals surface area contributed by atoms with Crippen molar-refractivity contribution in [1.82, 2.24) is 4.98 Å². The molecule has 0 amide bonds. The topological polar surface area (TPSA) is 12.9 Å². The quantitative estimate of drug-likeness (QED) is 0.191. The van der Waals surface area contributed by atoms with Gasteiger partial charge in [0.25, 0.3) is 0 Å². The van der Waals surface area contributed by atoms with Gasteiger partial charge in [-0.1, -0.05) is 176 Å². The van der Waals surface area contributed by atoms with E-state index < -0.39 is 0 Å². The summed E-state index contributed by atoms with van der Waals surface area (Å²) in [7, 11) is 0. The molecule has 49 heavy (non-hydrogen) atoms. The maximum Gasteiger partial charge on any atom is 0.0725 e. The number of benzene rings is 7. The van der Waals surface area contributed by atoms with Crippen molar-refractivity contribution < 1.29 is 0 Å². The summed E-state index contributed by atoms with van der Waals surface area (Å²) in [5, 5.41) is 0. The van der Waals surface area contributed by atoms with E-state index in [1.807, 2.05) is 0 Å². The molecule has 0 unspecified atom stereocenters. The minimum atomic E-state index is -0.387. The molecule has 7 aromatic carbocycles. The van der Waals surface area contributed by atoms with Crippen LogP contribution in [0, 0.1) is 0 Å². The molecule has 1 aromatic heterocycles. The van der Waals surface area contributed by atoms with Gasteiger partial charge in [-0.2, -0.15) is 0 Å². The maximum absolute atomic E-state index is 5.46. The van der Waals surface area contributed by atoms with Crippen LogP contribution >= 0.6 is 0 Å². The van der Waals surface area contributed by atoms with Crippen molar-refractivity contribution in [3.63, 3.8) is 0 Å². The molecule has 0 aliphatic heterocycles. The van der Waals surface area contributed by atoms with Crippen LogP contribution in [0.5, 0.6) is 0 Å². The van der Waals surface area contributed by atoms with Crippen LogP contribution in [0.15, 0.2) is 188 Å². The zero-order valence-electron chi connectivity index (χ0n) is 26.8. The van der Waals surface area contributed by atoms with Crippen LogP contribution in [0.4, 0.5) is 0 Å². The number of nitrogens with zero attached hydrogens (tertiary/aromatic N) is 1. The lowest BCUT2D eigenvalue weighted by Gasteiger charge is -2.30. The molecule has 1 heteroatoms. The molecule has 0 saturated carbocycles. The summed E-state index contributed by atoms with van der Waals surface area (Å²) in [6.45, 7) is 0. The Labute approximate surface area is 286 Å². The Bertz CT molecular complexity index is 2480. The van der Waals surface area contributed by atoms with E-state index in [1.54, 1.807) is 0 Å². The van der Waals surface area contributed by atoms with Gasteiger partial charge in [-0.3, -0.25) is 0 Å². The highest BCUT2D eigenvalue weighted by Crippen LogP contribution is 2.63. The van der Waals surface area contributed by atoms with Crippen molar-refractivity contribution in [3.8, 4) is 67.0 Å². The summed E-state index contributed by atoms with van der Waals surface area (Å²) >= 11 is 0. The summed E-state index contributed by atoms with van der Waals surface area (Å²) in [6.07, 6.45) is 0. The Hall–Kier alpha value is -6.31. The van der Waals surface area contributed by atoms with Crippen LogP contribution in [0.3, 0.4) is 0 Å². The predicted octanol–water partition coefficient (Wildman–Crippen LogP) is 12.1. The van der Waals surface area contributed by atoms with Crippen molar-refractivity contribution in [1.29, 1.82) is 0 Å². The lowest BCUT2D eigenvalue weighted by Crippen LogP contribution is -2.25. The van der Waals surface area contributed by atoms with Crippen molar-refractivity contribution in [2.45, 2.75) is 5.41 Å². The first kappa shape index (κ1) is 27.8. The fraction of sp³-hybridized carbons (Fsp3) is 0.0208. The molecule has 0 fully saturated rings. The van der Waals surface area contributed by atoms with Gasteiger partial charge in [-0.15, -0.1) is 0 Å². The van der Waals surface area contributed by atoms with Crippen LogP contribution in [0.1, 0.15) is 22.3 Å². The number of pyridine rings is 1. The molecule has 2 aliphatic rings. The van der Waals surface area contributed by atoms with Crippen LogP contribution in [0.25, 0.3) is 67.0 Å². The molecule has 2 aliphatic carbocycles. The predicted molar refractivity (Wildman–Crippen MR) is 202 cm³/mol. The lowest BCUT2D eigenvalue weighted by atomic mass is 9.70. The highest BCUT2D eigenvalue weighted by Gasteiger charge is 2.52. The van der Waals surface area contributed by atoms with Crippen molar-refractivity contribution in [2.24, 2.45) is 0 Å². The molecule has 0 atom stereocenters. The normalized spacial score (nSPS) is 13.1. The van der Waals surface area contributed by atoms with Gasteiger partial charge in [-0.25, -0.2) is 4.98 Å². The molecule has 8 aromatic rings. The second-order valence-electron chi connectivity index (χ2n) is 13.1. The maximum atomic E-state index is 5.46. The minimum Gasteiger partial charge on any atom is -0.248 e. The van der Waals surface area contributed by atoms with Gasteiger partial charge in [0.1, 0.15) is 0 Å². The number of hydrogen-bond acceptors (Lipinski definition) is 1. The molecule has 0 saturated heterocycles. The highest BCUT2D eigenvalue weighted by molar-refractivity contribution is 6.00. The third kappa shape index (κ3) is 4.09. The minimum absolute atomic E-state index is 0.387. The zero-order valence-corrected chi connectivity index (χ0v) is 26.8. The standard InChI is InChI=1S/C48H31N/c1-3-14-32(15-4-1)34-26-28-35(29-27-34)45-30-36(33-16-5-2-6-17-33)31-46(49-45)40-21-13-25-44-47(40)39-20-9-12-24-43(39)48(44)41-22-10-7-18-37(41)38-19-8-11-23-42(38)48/h1-31H. The fourth-order valence-electron chi connectivity index (χ4n) is 8.43. The molecule has 1 spiro atoms. The molecular formula is C48H31N. The third-order valence-corrected chi connectivity index (χ3v) is 10.5. The van der Waals surface area contributed by atoms with Gasteiger partial charge < -0.3 is 0 Å². The monoisotopic (exact) mass is 621 g/mol. The largest absolute Gasteiger partial charge is 0.248 e. The Morgan fingerprint density at radius 3 is 1.35 bits per heavy atom. The van der Waals surface area contributed by atoms with Crippen molar-refractivity contribution in [3.05, 3.63) is 210 Å². The Kier molecular flexibility index (Phi) is 6.16. The van der Waals surface area contributed by atoms with E-state index >= 15 is 0 Å². The second kappa shape index (κ2) is 10.9. The highest BCUT2D eigenvalue weighted by atomic mass is 14.7. The number of rotatable bonds is 4. The number of fused-ring (bicyclic) bond motifs is 10. The van der Waals surface area contributed by atoms with Gasteiger partial charge in [0.05, 0.1) is 16.8 Å². The molecule has 0 bridgehead atoms. The van der Waals surface area contributed by atoms with Gasteiger partial charge in [0.2, 0.25) is 0 Å². The van der Waals surface area contributed by atoms with E-state index in [4.69, 9.17) is 4.98 Å². The first-order chi connectivity index (χ1) is 24.3. The van der Waals surface area contributed by atoms with Crippen LogP contribution in [-0.4, -0.2) is 4.98 Å². The lowest BCUT2D eigenvalue weighted by molar-refractivity contribution is 0.794. The molecule has 0 N–H and O–H groups in total. The molecule has 0 radical (unpaired) electrons. The van der Waals surface area contributed by atoms with Crippen molar-refractivity contribution >= 4 is 0 Å². The van der Waals surface area contributed by atoms with E-state index in [2.05, 4.69) is 188 Å². The van der Waals surface area contributed by atoms with Gasteiger partial charge in [0, 0.05) is 11.1 Å². The molecule has 228 valence electrons. The Morgan fingerprint density at radius 1 is 0.286 bits per heavy atom. The van der Waals surface area contributed by atoms with Crippen molar-refractivity contribution in [2.75, 3.05) is 0 Å². The first-order valence-corrected chi connectivity index (χ1v) is 17.0. The summed E-state index contributed by atoms with van der Waals surface area (Å²) in [4.78, 5) is 5.46. The van der Waals surface area contributed by atoms with E-state index in [0.29, 0.717) is 0 Å². The zero-order chi connectivity index (χ0) is 32.4. The third-order valence-electron chi connectivity index (χ3n) is 10.5. The Balaban J connectivity index is 1.22. The van der Waals surface area contributed by atoms with Gasteiger partial charge >= 0.3 is 0 Å². The van der Waals surface area contributed by atoms with E-state index in [0.717, 1.165) is 28.1 Å². The number of aromatic nitrogens is 1. The Morgan fingerprint density at radius 2 is 0.714 bits per heavy atom. The van der Waals surface area contributed by atoms with E-state index in [-0.39, 0.29) is 5.41 Å². The number of hydrogen-bond donors (Lipinski definition) is 0. The van der Waals surface area contributed by atoms with Crippen LogP contribution < -0.4 is 0 Å². The summed E-state index contributed by atoms with van der Waals surface area (Å²) in [6, 6.07) is 68.4. The van der Waals surface area contributed by atoms with Gasteiger partial charge in [0.15, 0.2) is 0 Å². The molecule has 10 rings (SSSR count). The van der Waals surface area contributed by atoms with E-state index in [9.17, 15) is 0 Å². The second-order valence-corrected chi connectivity index (χ2v) is 13.1. The summed E-state index contributed by atoms with van der Waals surface area (Å²) < 4.78 is 0. The molecular weight excluding hydrogens is 591 g/mol. The summed E-state index contributed by atoms with van der Waals surface area (Å²) in [5.74, 6) is 0. The average molecular weight is 622 g/mol. The molecule has 1 heterocycles. The van der Waals surface area contributed by atoms with Crippen LogP contribution in [-0.2, 0) is 5.41 Å². The first-order valence-electron chi connectivity index (χ1n) is 17.0. The molecule has 1 nitrogen and oxygen atoms in total.